The van der Waals surface area contributed by atoms with Gasteiger partial charge in [0.25, 0.3) is 0 Å². The van der Waals surface area contributed by atoms with Crippen LogP contribution in [-0.4, -0.2) is 0 Å². The molecule has 0 N–H and O–H groups in total. The molecule has 0 unspecified atom stereocenters. The van der Waals surface area contributed by atoms with E-state index >= 15 is 0 Å². The van der Waals surface area contributed by atoms with Gasteiger partial charge in [0.15, 0.2) is 0 Å². The largest absolute Gasteiger partial charge is 4.00 e. The smallest absolute Gasteiger partial charge is 1.00 e. The number of halogens is 2. The van der Waals surface area contributed by atoms with Gasteiger partial charge in [-0.1, -0.05) is 13.8 Å². The monoisotopic (exact) mass is 496 g/mol. The van der Waals surface area contributed by atoms with Crippen LogP contribution in [0.1, 0.15) is 11.1 Å². The molecule has 0 aliphatic heterocycles. The molecule has 0 nitrogen and oxygen atoms in total. The number of rotatable bonds is 0. The van der Waals surface area contributed by atoms with Gasteiger partial charge < -0.3 is 34.0 Å². The minimum absolute atomic E-state index is 0. The van der Waals surface area contributed by atoms with Crippen LogP contribution in [0.2, 0.25) is 0 Å². The molecule has 0 fully saturated rings. The molecule has 0 aliphatic rings. The van der Waals surface area contributed by atoms with Gasteiger partial charge in [0.1, 0.15) is 0 Å². The second kappa shape index (κ2) is 12.6. The Morgan fingerprint density at radius 2 is 0.800 bits per heavy atom. The molecule has 0 amide bonds. The fourth-order valence-corrected chi connectivity index (χ4v) is 0.940. The van der Waals surface area contributed by atoms with Crippen molar-refractivity contribution < 1.29 is 59.8 Å². The molecule has 3 heteroatoms. The van der Waals surface area contributed by atoms with Crippen molar-refractivity contribution in [3.05, 3.63) is 59.7 Å². The summed E-state index contributed by atoms with van der Waals surface area (Å²) in [5.41, 5.74) is 2.69. The predicted octanol–water partition coefficient (Wildman–Crippen LogP) is -2.57. The van der Waals surface area contributed by atoms with Crippen molar-refractivity contribution in [1.29, 1.82) is 0 Å². The van der Waals surface area contributed by atoms with Crippen LogP contribution in [0.4, 0.5) is 0 Å². The summed E-state index contributed by atoms with van der Waals surface area (Å²) in [5, 5.41) is 0. The summed E-state index contributed by atoms with van der Waals surface area (Å²) in [6, 6.07) is 16.5. The van der Waals surface area contributed by atoms with Crippen LogP contribution in [-0.2, 0) is 25.8 Å². The second-order valence-corrected chi connectivity index (χ2v) is 2.92. The summed E-state index contributed by atoms with van der Waals surface area (Å²) in [4.78, 5) is 0. The van der Waals surface area contributed by atoms with Gasteiger partial charge in [0.2, 0.25) is 0 Å². The summed E-state index contributed by atoms with van der Waals surface area (Å²) in [5.74, 6) is 0. The van der Waals surface area contributed by atoms with Crippen LogP contribution in [0.3, 0.4) is 0 Å². The van der Waals surface area contributed by atoms with E-state index in [-0.39, 0.29) is 59.8 Å². The second-order valence-electron chi connectivity index (χ2n) is 2.92. The van der Waals surface area contributed by atoms with Crippen LogP contribution < -0.4 is 34.0 Å². The standard InChI is InChI=1S/2C6H7.2BrH.Hf/c2*1-6-4-2-3-5-6;;;/h2*2-5H,1H3;2*1H;/q2*-1;;;+4/p-2. The molecule has 15 heavy (non-hydrogen) atoms. The van der Waals surface area contributed by atoms with Crippen LogP contribution in [0.25, 0.3) is 0 Å². The fraction of sp³-hybridized carbons (Fsp3) is 0.167. The van der Waals surface area contributed by atoms with Crippen molar-refractivity contribution in [2.45, 2.75) is 13.8 Å². The van der Waals surface area contributed by atoms with Crippen LogP contribution >= 0.6 is 0 Å². The molecule has 2 aromatic rings. The zero-order valence-electron chi connectivity index (χ0n) is 8.87. The topological polar surface area (TPSA) is 0 Å². The van der Waals surface area contributed by atoms with Crippen molar-refractivity contribution in [3.63, 3.8) is 0 Å². The first kappa shape index (κ1) is 20.9. The van der Waals surface area contributed by atoms with Crippen molar-refractivity contribution in [3.8, 4) is 0 Å². The molecule has 0 heterocycles. The minimum Gasteiger partial charge on any atom is -1.00 e. The van der Waals surface area contributed by atoms with Gasteiger partial charge in [-0.25, -0.2) is 24.3 Å². The molecule has 2 aromatic carbocycles. The average molecular weight is 497 g/mol. The Kier molecular flexibility index (Phi) is 17.5. The first-order chi connectivity index (χ1) is 5.79. The summed E-state index contributed by atoms with van der Waals surface area (Å²) in [6.45, 7) is 4.17. The van der Waals surface area contributed by atoms with Gasteiger partial charge in [0, 0.05) is 0 Å². The summed E-state index contributed by atoms with van der Waals surface area (Å²) in [7, 11) is 0. The third kappa shape index (κ3) is 10.8. The first-order valence-corrected chi connectivity index (χ1v) is 4.15. The molecule has 0 saturated heterocycles. The van der Waals surface area contributed by atoms with Gasteiger partial charge in [0.05, 0.1) is 0 Å². The van der Waals surface area contributed by atoms with Gasteiger partial charge in [-0.3, -0.25) is 0 Å². The molecular weight excluding hydrogens is 482 g/mol. The molecule has 0 atom stereocenters. The van der Waals surface area contributed by atoms with Crippen LogP contribution in [0.15, 0.2) is 48.5 Å². The Bertz CT molecular complexity index is 253. The van der Waals surface area contributed by atoms with Crippen molar-refractivity contribution in [1.82, 2.24) is 0 Å². The van der Waals surface area contributed by atoms with Gasteiger partial charge in [-0.15, -0.1) is 0 Å². The number of hydrogen-bond donors (Lipinski definition) is 0. The predicted molar refractivity (Wildman–Crippen MR) is 53.5 cm³/mol. The molecule has 0 aliphatic carbocycles. The van der Waals surface area contributed by atoms with Crippen molar-refractivity contribution in [2.75, 3.05) is 0 Å². The van der Waals surface area contributed by atoms with E-state index in [1.54, 1.807) is 0 Å². The van der Waals surface area contributed by atoms with E-state index in [4.69, 9.17) is 0 Å². The molecule has 0 spiro atoms. The molecule has 0 saturated carbocycles. The summed E-state index contributed by atoms with van der Waals surface area (Å²) >= 11 is 0. The maximum absolute atomic E-state index is 2.08. The third-order valence-corrected chi connectivity index (χ3v) is 1.66. The van der Waals surface area contributed by atoms with E-state index < -0.39 is 0 Å². The van der Waals surface area contributed by atoms with E-state index in [1.807, 2.05) is 24.3 Å². The number of hydrogen-bond acceptors (Lipinski definition) is 0. The Labute approximate surface area is 132 Å². The van der Waals surface area contributed by atoms with Gasteiger partial charge in [-0.05, 0) is 0 Å². The van der Waals surface area contributed by atoms with Gasteiger partial charge in [-0.2, -0.15) is 35.4 Å². The quantitative estimate of drug-likeness (QED) is 0.278. The van der Waals surface area contributed by atoms with Crippen LogP contribution in [0, 0.1) is 13.8 Å². The van der Waals surface area contributed by atoms with Crippen molar-refractivity contribution in [2.24, 2.45) is 0 Å². The van der Waals surface area contributed by atoms with E-state index in [2.05, 4.69) is 38.1 Å². The Morgan fingerprint density at radius 3 is 0.867 bits per heavy atom. The molecule has 80 valence electrons. The SMILES string of the molecule is C[c-]1cccc1.C[c-]1cccc1.[Br-].[Br-].[Hf+4]. The summed E-state index contributed by atoms with van der Waals surface area (Å²) in [6.07, 6.45) is 0. The fourth-order valence-electron chi connectivity index (χ4n) is 0.940. The molecule has 0 bridgehead atoms. The maximum atomic E-state index is 2.08. The van der Waals surface area contributed by atoms with Crippen molar-refractivity contribution >= 4 is 0 Å². The summed E-state index contributed by atoms with van der Waals surface area (Å²) < 4.78 is 0. The Hall–Kier alpha value is 0.530. The normalized spacial score (nSPS) is 7.07. The molecule has 0 aromatic heterocycles. The van der Waals surface area contributed by atoms with E-state index in [9.17, 15) is 0 Å². The zero-order valence-corrected chi connectivity index (χ0v) is 15.6. The van der Waals surface area contributed by atoms with E-state index in [1.165, 1.54) is 11.1 Å². The Morgan fingerprint density at radius 1 is 0.600 bits per heavy atom. The molecule has 2 rings (SSSR count). The van der Waals surface area contributed by atoms with E-state index in [0.717, 1.165) is 0 Å². The van der Waals surface area contributed by atoms with Crippen LogP contribution in [0.5, 0.6) is 0 Å². The first-order valence-electron chi connectivity index (χ1n) is 4.15. The minimum atomic E-state index is 0. The van der Waals surface area contributed by atoms with E-state index in [0.29, 0.717) is 0 Å². The average Bonchev–Trinajstić information content (AvgIpc) is 2.63. The Balaban J connectivity index is -0.000000160. The molecule has 0 radical (unpaired) electrons. The maximum Gasteiger partial charge on any atom is 4.00 e. The zero-order chi connectivity index (χ0) is 8.81. The molecular formula is C12H14Br2Hf. The van der Waals surface area contributed by atoms with Gasteiger partial charge >= 0.3 is 25.8 Å². The number of aryl methyl sites for hydroxylation is 2. The third-order valence-electron chi connectivity index (χ3n) is 1.66.